The fraction of sp³-hybridized carbons (Fsp3) is 0.381. The number of likely N-dealkylation sites (N-methyl/N-ethyl adjacent to an activating group) is 1. The first-order valence-electron chi connectivity index (χ1n) is 9.23. The number of amides is 1. The Morgan fingerprint density at radius 1 is 1.07 bits per heavy atom. The molecule has 0 fully saturated rings. The number of nitrogens with two attached hydrogens (primary N) is 1. The summed E-state index contributed by atoms with van der Waals surface area (Å²) in [5.41, 5.74) is 3.10. The smallest absolute Gasteiger partial charge is 0.282 e. The first kappa shape index (κ1) is 22.1. The van der Waals surface area contributed by atoms with E-state index in [2.05, 4.69) is 50.4 Å². The number of benzene rings is 2. The Balaban J connectivity index is 1.98. The summed E-state index contributed by atoms with van der Waals surface area (Å²) >= 11 is 0. The fourth-order valence-corrected chi connectivity index (χ4v) is 3.32. The van der Waals surface area contributed by atoms with Gasteiger partial charge in [-0.3, -0.25) is 4.79 Å². The van der Waals surface area contributed by atoms with Crippen LogP contribution in [0.2, 0.25) is 0 Å². The second-order valence-electron chi connectivity index (χ2n) is 8.25. The molecule has 152 valence electrons. The Bertz CT molecular complexity index is 915. The molecule has 2 aromatic carbocycles. The van der Waals surface area contributed by atoms with Crippen LogP contribution >= 0.6 is 0 Å². The molecular formula is C21H30N3O3S+. The quantitative estimate of drug-likeness (QED) is 0.684. The summed E-state index contributed by atoms with van der Waals surface area (Å²) in [4.78, 5) is 13.6. The van der Waals surface area contributed by atoms with Gasteiger partial charge in [0.05, 0.1) is 11.9 Å². The van der Waals surface area contributed by atoms with Gasteiger partial charge in [0.25, 0.3) is 5.91 Å². The fourth-order valence-electron chi connectivity index (χ4n) is 2.80. The minimum atomic E-state index is -3.74. The van der Waals surface area contributed by atoms with Crippen LogP contribution in [0.15, 0.2) is 53.4 Å². The van der Waals surface area contributed by atoms with Crippen LogP contribution < -0.4 is 15.4 Å². The predicted molar refractivity (Wildman–Crippen MR) is 112 cm³/mol. The van der Waals surface area contributed by atoms with Crippen molar-refractivity contribution in [3.8, 4) is 0 Å². The lowest BCUT2D eigenvalue weighted by atomic mass is 9.87. The lowest BCUT2D eigenvalue weighted by molar-refractivity contribution is -0.907. The van der Waals surface area contributed by atoms with Crippen molar-refractivity contribution in [2.75, 3.05) is 12.4 Å². The minimum Gasteiger partial charge on any atom is -0.324 e. The Morgan fingerprint density at radius 3 is 2.07 bits per heavy atom. The van der Waals surface area contributed by atoms with E-state index in [1.165, 1.54) is 35.4 Å². The number of quaternary nitrogens is 1. The van der Waals surface area contributed by atoms with Crippen molar-refractivity contribution in [2.45, 2.75) is 50.6 Å². The summed E-state index contributed by atoms with van der Waals surface area (Å²) in [5.74, 6) is -0.132. The van der Waals surface area contributed by atoms with Gasteiger partial charge in [-0.15, -0.1) is 0 Å². The minimum absolute atomic E-state index is 0.0139. The molecule has 0 aliphatic rings. The van der Waals surface area contributed by atoms with Gasteiger partial charge in [0.2, 0.25) is 10.0 Å². The molecule has 0 aliphatic heterocycles. The van der Waals surface area contributed by atoms with Gasteiger partial charge in [0.15, 0.2) is 6.04 Å². The van der Waals surface area contributed by atoms with E-state index in [0.717, 1.165) is 11.4 Å². The van der Waals surface area contributed by atoms with E-state index in [-0.39, 0.29) is 22.3 Å². The second kappa shape index (κ2) is 8.43. The molecule has 28 heavy (non-hydrogen) atoms. The summed E-state index contributed by atoms with van der Waals surface area (Å²) < 4.78 is 22.6. The van der Waals surface area contributed by atoms with Crippen LogP contribution in [0.5, 0.6) is 0 Å². The van der Waals surface area contributed by atoms with Crippen LogP contribution in [-0.2, 0) is 26.8 Å². The molecule has 0 heterocycles. The van der Waals surface area contributed by atoms with Gasteiger partial charge in [0, 0.05) is 11.3 Å². The third kappa shape index (κ3) is 5.89. The predicted octanol–water partition coefficient (Wildman–Crippen LogP) is 1.67. The number of anilines is 1. The second-order valence-corrected chi connectivity index (χ2v) is 9.81. The lowest BCUT2D eigenvalue weighted by Gasteiger charge is -2.22. The standard InChI is InChI=1S/C21H29N3O3S/c1-15(20(25)23-18-10-12-19(13-11-18)28(22,26)27)24(5)14-16-6-8-17(9-7-16)21(2,3)4/h6-13,15H,14H2,1-5H3,(H,23,25)(H2,22,26,27)/p+1/t15-/m0/s1. The maximum Gasteiger partial charge on any atom is 0.282 e. The van der Waals surface area contributed by atoms with Crippen molar-refractivity contribution < 1.29 is 18.1 Å². The van der Waals surface area contributed by atoms with Crippen molar-refractivity contribution in [1.29, 1.82) is 0 Å². The molecule has 0 spiro atoms. The first-order chi connectivity index (χ1) is 12.9. The van der Waals surface area contributed by atoms with Gasteiger partial charge in [-0.2, -0.15) is 0 Å². The van der Waals surface area contributed by atoms with E-state index in [9.17, 15) is 13.2 Å². The normalized spacial score (nSPS) is 14.4. The first-order valence-corrected chi connectivity index (χ1v) is 10.8. The molecular weight excluding hydrogens is 374 g/mol. The highest BCUT2D eigenvalue weighted by atomic mass is 32.2. The molecule has 1 amide bonds. The summed E-state index contributed by atoms with van der Waals surface area (Å²) in [6.07, 6.45) is 0. The molecule has 6 nitrogen and oxygen atoms in total. The van der Waals surface area contributed by atoms with Gasteiger partial charge in [-0.1, -0.05) is 45.0 Å². The summed E-state index contributed by atoms with van der Waals surface area (Å²) in [5, 5.41) is 7.90. The number of rotatable bonds is 6. The average Bonchev–Trinajstić information content (AvgIpc) is 2.60. The van der Waals surface area contributed by atoms with E-state index >= 15 is 0 Å². The summed E-state index contributed by atoms with van der Waals surface area (Å²) in [6, 6.07) is 14.0. The Labute approximate surface area is 167 Å². The van der Waals surface area contributed by atoms with Crippen LogP contribution in [0.4, 0.5) is 5.69 Å². The number of hydrogen-bond acceptors (Lipinski definition) is 3. The zero-order valence-electron chi connectivity index (χ0n) is 17.1. The monoisotopic (exact) mass is 404 g/mol. The lowest BCUT2D eigenvalue weighted by Crippen LogP contribution is -3.12. The molecule has 0 saturated carbocycles. The molecule has 0 bridgehead atoms. The molecule has 1 unspecified atom stereocenters. The van der Waals surface area contributed by atoms with Crippen molar-refractivity contribution in [3.05, 3.63) is 59.7 Å². The number of carbonyl (C=O) groups excluding carboxylic acids is 1. The zero-order chi connectivity index (χ0) is 21.1. The molecule has 0 radical (unpaired) electrons. The molecule has 0 aliphatic carbocycles. The van der Waals surface area contributed by atoms with E-state index in [1.807, 2.05) is 14.0 Å². The van der Waals surface area contributed by atoms with Gasteiger partial charge in [0.1, 0.15) is 6.54 Å². The van der Waals surface area contributed by atoms with Crippen LogP contribution in [-0.4, -0.2) is 27.4 Å². The van der Waals surface area contributed by atoms with E-state index in [0.29, 0.717) is 5.69 Å². The number of primary sulfonamides is 1. The zero-order valence-corrected chi connectivity index (χ0v) is 17.9. The van der Waals surface area contributed by atoms with Crippen molar-refractivity contribution in [2.24, 2.45) is 5.14 Å². The van der Waals surface area contributed by atoms with Crippen molar-refractivity contribution >= 4 is 21.6 Å². The highest BCUT2D eigenvalue weighted by Gasteiger charge is 2.22. The third-order valence-corrected chi connectivity index (χ3v) is 5.82. The average molecular weight is 405 g/mol. The van der Waals surface area contributed by atoms with Crippen molar-refractivity contribution in [1.82, 2.24) is 0 Å². The van der Waals surface area contributed by atoms with Crippen LogP contribution in [0.3, 0.4) is 0 Å². The molecule has 2 rings (SSSR count). The van der Waals surface area contributed by atoms with Crippen molar-refractivity contribution in [3.63, 3.8) is 0 Å². The Morgan fingerprint density at radius 2 is 1.61 bits per heavy atom. The number of nitrogens with one attached hydrogen (secondary N) is 2. The van der Waals surface area contributed by atoms with E-state index in [4.69, 9.17) is 5.14 Å². The number of sulfonamides is 1. The van der Waals surface area contributed by atoms with Gasteiger partial charge in [-0.05, 0) is 42.2 Å². The van der Waals surface area contributed by atoms with Crippen LogP contribution in [0.1, 0.15) is 38.8 Å². The largest absolute Gasteiger partial charge is 0.324 e. The molecule has 4 N–H and O–H groups in total. The summed E-state index contributed by atoms with van der Waals surface area (Å²) in [6.45, 7) is 9.14. The maximum atomic E-state index is 12.5. The highest BCUT2D eigenvalue weighted by molar-refractivity contribution is 7.89. The number of carbonyl (C=O) groups is 1. The molecule has 7 heteroatoms. The Kier molecular flexibility index (Phi) is 6.64. The van der Waals surface area contributed by atoms with Gasteiger partial charge < -0.3 is 10.2 Å². The van der Waals surface area contributed by atoms with E-state index < -0.39 is 10.0 Å². The molecule has 0 saturated heterocycles. The Hall–Kier alpha value is -2.22. The maximum absolute atomic E-state index is 12.5. The molecule has 2 atom stereocenters. The highest BCUT2D eigenvalue weighted by Crippen LogP contribution is 2.22. The third-order valence-electron chi connectivity index (χ3n) is 4.89. The van der Waals surface area contributed by atoms with E-state index in [1.54, 1.807) is 0 Å². The van der Waals surface area contributed by atoms with Gasteiger partial charge in [-0.25, -0.2) is 13.6 Å². The van der Waals surface area contributed by atoms with Crippen LogP contribution in [0.25, 0.3) is 0 Å². The SMILES string of the molecule is C[C@@H](C(=O)Nc1ccc(S(N)(=O)=O)cc1)[NH+](C)Cc1ccc(C(C)(C)C)cc1. The number of hydrogen-bond donors (Lipinski definition) is 3. The molecule has 2 aromatic rings. The molecule has 0 aromatic heterocycles. The van der Waals surface area contributed by atoms with Gasteiger partial charge >= 0.3 is 0 Å². The summed E-state index contributed by atoms with van der Waals surface area (Å²) in [7, 11) is -1.76. The van der Waals surface area contributed by atoms with Crippen LogP contribution in [0, 0.1) is 0 Å². The topological polar surface area (TPSA) is 93.7 Å².